The molecule has 0 fully saturated rings. The van der Waals surface area contributed by atoms with E-state index in [1.807, 2.05) is 0 Å². The van der Waals surface area contributed by atoms with E-state index in [2.05, 4.69) is 5.48 Å². The van der Waals surface area contributed by atoms with Crippen LogP contribution in [0.5, 0.6) is 0 Å². The molecular formula is C11H13ClN2O4. The summed E-state index contributed by atoms with van der Waals surface area (Å²) in [5.74, 6) is -0.587. The molecule has 1 aromatic rings. The third-order valence-electron chi connectivity index (χ3n) is 1.81. The number of amides is 1. The Morgan fingerprint density at radius 3 is 2.50 bits per heavy atom. The number of hydrogen-bond acceptors (Lipinski definition) is 4. The number of nitro groups is 1. The molecule has 0 aliphatic carbocycles. The van der Waals surface area contributed by atoms with Crippen molar-refractivity contribution < 1.29 is 14.6 Å². The van der Waals surface area contributed by atoms with Gasteiger partial charge >= 0.3 is 0 Å². The summed E-state index contributed by atoms with van der Waals surface area (Å²) in [6.45, 7) is 5.27. The quantitative estimate of drug-likeness (QED) is 0.677. The van der Waals surface area contributed by atoms with Crippen molar-refractivity contribution in [3.05, 3.63) is 38.9 Å². The number of benzene rings is 1. The van der Waals surface area contributed by atoms with Gasteiger partial charge in [-0.1, -0.05) is 11.6 Å². The van der Waals surface area contributed by atoms with Crippen molar-refractivity contribution in [1.82, 2.24) is 5.48 Å². The van der Waals surface area contributed by atoms with Crippen molar-refractivity contribution in [2.45, 2.75) is 26.4 Å². The monoisotopic (exact) mass is 272 g/mol. The van der Waals surface area contributed by atoms with Crippen LogP contribution in [-0.4, -0.2) is 16.4 Å². The Labute approximate surface area is 109 Å². The number of nitrogens with zero attached hydrogens (tertiary/aromatic N) is 1. The van der Waals surface area contributed by atoms with E-state index in [1.165, 1.54) is 12.1 Å². The van der Waals surface area contributed by atoms with Gasteiger partial charge in [0.2, 0.25) is 0 Å². The fourth-order valence-corrected chi connectivity index (χ4v) is 1.30. The van der Waals surface area contributed by atoms with Gasteiger partial charge in [0.15, 0.2) is 0 Å². The molecule has 0 atom stereocenters. The standard InChI is InChI=1S/C11H13ClN2O4/c1-11(2,3)18-13-10(15)7-4-8(12)6-9(5-7)14(16)17/h4-6H,1-3H3,(H,13,15). The first kappa shape index (κ1) is 14.4. The van der Waals surface area contributed by atoms with E-state index >= 15 is 0 Å². The lowest BCUT2D eigenvalue weighted by atomic mass is 10.2. The second kappa shape index (κ2) is 5.32. The zero-order chi connectivity index (χ0) is 13.9. The fraction of sp³-hybridized carbons (Fsp3) is 0.364. The van der Waals surface area contributed by atoms with E-state index in [1.54, 1.807) is 20.8 Å². The molecule has 0 aromatic heterocycles. The number of hydrogen-bond donors (Lipinski definition) is 1. The van der Waals surface area contributed by atoms with Crippen LogP contribution in [-0.2, 0) is 4.84 Å². The van der Waals surface area contributed by atoms with Gasteiger partial charge in [-0.2, -0.15) is 0 Å². The van der Waals surface area contributed by atoms with E-state index in [0.29, 0.717) is 0 Å². The molecule has 0 saturated heterocycles. The van der Waals surface area contributed by atoms with Crippen LogP contribution in [0.3, 0.4) is 0 Å². The molecule has 0 aliphatic rings. The lowest BCUT2D eigenvalue weighted by molar-refractivity contribution is -0.384. The number of nitro benzene ring substituents is 1. The molecule has 1 rings (SSSR count). The molecule has 1 amide bonds. The van der Waals surface area contributed by atoms with E-state index < -0.39 is 16.4 Å². The predicted octanol–water partition coefficient (Wildman–Crippen LogP) is 2.71. The lowest BCUT2D eigenvalue weighted by Gasteiger charge is -2.18. The molecule has 1 N–H and O–H groups in total. The number of carbonyl (C=O) groups is 1. The maximum absolute atomic E-state index is 11.7. The minimum absolute atomic E-state index is 0.0680. The molecular weight excluding hydrogens is 260 g/mol. The number of nitrogens with one attached hydrogen (secondary N) is 1. The number of carbonyl (C=O) groups excluding carboxylic acids is 1. The molecule has 1 aromatic carbocycles. The molecule has 0 radical (unpaired) electrons. The van der Waals surface area contributed by atoms with Gasteiger partial charge in [0, 0.05) is 22.7 Å². The minimum Gasteiger partial charge on any atom is -0.268 e. The highest BCUT2D eigenvalue weighted by Crippen LogP contribution is 2.21. The van der Waals surface area contributed by atoms with Crippen LogP contribution >= 0.6 is 11.6 Å². The van der Waals surface area contributed by atoms with Crippen molar-refractivity contribution in [3.8, 4) is 0 Å². The largest absolute Gasteiger partial charge is 0.275 e. The molecule has 6 nitrogen and oxygen atoms in total. The Hall–Kier alpha value is -1.66. The second-order valence-electron chi connectivity index (χ2n) is 4.60. The first-order valence-electron chi connectivity index (χ1n) is 5.12. The van der Waals surface area contributed by atoms with Crippen LogP contribution in [0.15, 0.2) is 18.2 Å². The Morgan fingerprint density at radius 1 is 1.39 bits per heavy atom. The molecule has 18 heavy (non-hydrogen) atoms. The summed E-state index contributed by atoms with van der Waals surface area (Å²) >= 11 is 5.70. The zero-order valence-electron chi connectivity index (χ0n) is 10.2. The Bertz CT molecular complexity index is 482. The maximum Gasteiger partial charge on any atom is 0.275 e. The number of hydroxylamine groups is 1. The van der Waals surface area contributed by atoms with Crippen molar-refractivity contribution in [2.75, 3.05) is 0 Å². The van der Waals surface area contributed by atoms with Gasteiger partial charge in [-0.3, -0.25) is 19.7 Å². The highest BCUT2D eigenvalue weighted by atomic mass is 35.5. The first-order valence-corrected chi connectivity index (χ1v) is 5.50. The van der Waals surface area contributed by atoms with Gasteiger partial charge in [0.1, 0.15) is 0 Å². The summed E-state index contributed by atoms with van der Waals surface area (Å²) in [4.78, 5) is 26.8. The van der Waals surface area contributed by atoms with E-state index in [9.17, 15) is 14.9 Å². The van der Waals surface area contributed by atoms with Gasteiger partial charge in [0.25, 0.3) is 11.6 Å². The predicted molar refractivity (Wildman–Crippen MR) is 66.4 cm³/mol. The van der Waals surface area contributed by atoms with Crippen LogP contribution in [0.2, 0.25) is 5.02 Å². The Morgan fingerprint density at radius 2 is 2.00 bits per heavy atom. The van der Waals surface area contributed by atoms with E-state index in [4.69, 9.17) is 16.4 Å². The topological polar surface area (TPSA) is 81.5 Å². The molecule has 0 unspecified atom stereocenters. The van der Waals surface area contributed by atoms with E-state index in [0.717, 1.165) is 6.07 Å². The number of halogens is 1. The number of non-ortho nitro benzene ring substituents is 1. The minimum atomic E-state index is -0.618. The van der Waals surface area contributed by atoms with Crippen LogP contribution in [0.25, 0.3) is 0 Å². The SMILES string of the molecule is CC(C)(C)ONC(=O)c1cc(Cl)cc([N+](=O)[O-])c1. The van der Waals surface area contributed by atoms with Crippen LogP contribution in [0, 0.1) is 10.1 Å². The highest BCUT2D eigenvalue weighted by molar-refractivity contribution is 6.31. The average Bonchev–Trinajstić information content (AvgIpc) is 2.23. The first-order chi connectivity index (χ1) is 8.19. The van der Waals surface area contributed by atoms with Crippen molar-refractivity contribution in [3.63, 3.8) is 0 Å². The van der Waals surface area contributed by atoms with Gasteiger partial charge in [-0.25, -0.2) is 5.48 Å². The molecule has 0 saturated carbocycles. The molecule has 98 valence electrons. The van der Waals surface area contributed by atoms with Gasteiger partial charge < -0.3 is 0 Å². The second-order valence-corrected chi connectivity index (χ2v) is 5.04. The average molecular weight is 273 g/mol. The Kier molecular flexibility index (Phi) is 4.26. The van der Waals surface area contributed by atoms with Gasteiger partial charge in [0.05, 0.1) is 10.5 Å². The summed E-state index contributed by atoms with van der Waals surface area (Å²) in [5.41, 5.74) is 1.48. The lowest BCUT2D eigenvalue weighted by Crippen LogP contribution is -2.33. The zero-order valence-corrected chi connectivity index (χ0v) is 10.9. The summed E-state index contributed by atoms with van der Waals surface area (Å²) in [6, 6.07) is 3.63. The van der Waals surface area contributed by atoms with Crippen LogP contribution < -0.4 is 5.48 Å². The van der Waals surface area contributed by atoms with Crippen LogP contribution in [0.1, 0.15) is 31.1 Å². The molecule has 0 bridgehead atoms. The molecule has 0 aliphatic heterocycles. The highest BCUT2D eigenvalue weighted by Gasteiger charge is 2.17. The fourth-order valence-electron chi connectivity index (χ4n) is 1.07. The summed E-state index contributed by atoms with van der Waals surface area (Å²) < 4.78 is 0. The van der Waals surface area contributed by atoms with Crippen molar-refractivity contribution in [2.24, 2.45) is 0 Å². The number of rotatable bonds is 3. The third-order valence-corrected chi connectivity index (χ3v) is 2.02. The summed E-state index contributed by atoms with van der Waals surface area (Å²) in [7, 11) is 0. The van der Waals surface area contributed by atoms with E-state index in [-0.39, 0.29) is 16.3 Å². The summed E-state index contributed by atoms with van der Waals surface area (Å²) in [5, 5.41) is 10.7. The van der Waals surface area contributed by atoms with Gasteiger partial charge in [-0.05, 0) is 26.8 Å². The van der Waals surface area contributed by atoms with Gasteiger partial charge in [-0.15, -0.1) is 0 Å². The van der Waals surface area contributed by atoms with Crippen molar-refractivity contribution in [1.29, 1.82) is 0 Å². The summed E-state index contributed by atoms with van der Waals surface area (Å²) in [6.07, 6.45) is 0. The molecule has 7 heteroatoms. The molecule has 0 spiro atoms. The smallest absolute Gasteiger partial charge is 0.268 e. The normalized spacial score (nSPS) is 11.1. The van der Waals surface area contributed by atoms with Crippen molar-refractivity contribution >= 4 is 23.2 Å². The Balaban J connectivity index is 2.89. The molecule has 0 heterocycles. The van der Waals surface area contributed by atoms with Crippen LogP contribution in [0.4, 0.5) is 5.69 Å². The maximum atomic E-state index is 11.7. The third kappa shape index (κ3) is 4.31.